The van der Waals surface area contributed by atoms with Crippen molar-refractivity contribution >= 4 is 34.8 Å². The lowest BCUT2D eigenvalue weighted by molar-refractivity contribution is 0.1000. The number of aromatic nitrogens is 4. The zero-order valence-corrected chi connectivity index (χ0v) is 17.0. The number of aryl methyl sites for hydroxylation is 2. The number of carbonyl (C=O) groups is 2. The minimum Gasteiger partial charge on any atom is -0.465 e. The maximum absolute atomic E-state index is 11.6. The Morgan fingerprint density at radius 2 is 2.13 bits per heavy atom. The molecule has 10 nitrogen and oxygen atoms in total. The van der Waals surface area contributed by atoms with E-state index in [-0.39, 0.29) is 5.92 Å². The van der Waals surface area contributed by atoms with Crippen LogP contribution in [-0.4, -0.2) is 54.4 Å². The molecule has 1 aliphatic heterocycles. The van der Waals surface area contributed by atoms with Gasteiger partial charge in [0.05, 0.1) is 16.7 Å². The lowest BCUT2D eigenvalue weighted by Crippen LogP contribution is -2.27. The second-order valence-corrected chi connectivity index (χ2v) is 7.61. The molecule has 10 heteroatoms. The van der Waals surface area contributed by atoms with Crippen LogP contribution in [0.4, 0.5) is 16.6 Å². The van der Waals surface area contributed by atoms with E-state index in [1.807, 2.05) is 35.2 Å². The quantitative estimate of drug-likeness (QED) is 0.571. The van der Waals surface area contributed by atoms with Gasteiger partial charge in [-0.25, -0.2) is 14.5 Å². The molecule has 1 aromatic carbocycles. The molecule has 3 aromatic rings. The lowest BCUT2D eigenvalue weighted by atomic mass is 10.1. The van der Waals surface area contributed by atoms with E-state index in [0.717, 1.165) is 23.4 Å². The molecule has 0 spiro atoms. The van der Waals surface area contributed by atoms with Gasteiger partial charge in [-0.05, 0) is 44.4 Å². The second kappa shape index (κ2) is 7.69. The molecule has 1 fully saturated rings. The third kappa shape index (κ3) is 3.68. The SMILES string of the molecule is CCn1nc(C)cc1Nc1nc2cc(C(N)=O)ccc2n1C[C@H]1CCN(C(=O)O)C1. The number of nitrogens with one attached hydrogen (secondary N) is 1. The summed E-state index contributed by atoms with van der Waals surface area (Å²) in [7, 11) is 0. The normalized spacial score (nSPS) is 16.3. The molecule has 1 saturated heterocycles. The molecular weight excluding hydrogens is 386 g/mol. The first kappa shape index (κ1) is 19.7. The zero-order chi connectivity index (χ0) is 21.4. The Labute approximate surface area is 173 Å². The molecule has 4 N–H and O–H groups in total. The van der Waals surface area contributed by atoms with E-state index < -0.39 is 12.0 Å². The smallest absolute Gasteiger partial charge is 0.407 e. The zero-order valence-electron chi connectivity index (χ0n) is 17.0. The fourth-order valence-electron chi connectivity index (χ4n) is 3.98. The van der Waals surface area contributed by atoms with E-state index in [2.05, 4.69) is 10.4 Å². The number of carboxylic acid groups (broad SMARTS) is 1. The summed E-state index contributed by atoms with van der Waals surface area (Å²) in [6.07, 6.45) is -0.101. The summed E-state index contributed by atoms with van der Waals surface area (Å²) in [6.45, 7) is 6.27. The third-order valence-electron chi connectivity index (χ3n) is 5.47. The molecule has 2 amide bonds. The second-order valence-electron chi connectivity index (χ2n) is 7.61. The molecular formula is C20H25N7O3. The van der Waals surface area contributed by atoms with Crippen molar-refractivity contribution in [2.24, 2.45) is 11.7 Å². The number of amides is 2. The van der Waals surface area contributed by atoms with E-state index in [4.69, 9.17) is 10.7 Å². The Morgan fingerprint density at radius 3 is 2.80 bits per heavy atom. The summed E-state index contributed by atoms with van der Waals surface area (Å²) in [6, 6.07) is 7.15. The molecule has 2 aromatic heterocycles. The molecule has 0 unspecified atom stereocenters. The summed E-state index contributed by atoms with van der Waals surface area (Å²) < 4.78 is 3.90. The number of rotatable bonds is 6. The van der Waals surface area contributed by atoms with Crippen molar-refractivity contribution in [2.75, 3.05) is 18.4 Å². The number of fused-ring (bicyclic) bond motifs is 1. The third-order valence-corrected chi connectivity index (χ3v) is 5.47. The van der Waals surface area contributed by atoms with Gasteiger partial charge in [0.2, 0.25) is 11.9 Å². The summed E-state index contributed by atoms with van der Waals surface area (Å²) in [5, 5.41) is 17.1. The number of likely N-dealkylation sites (tertiary alicyclic amines) is 1. The van der Waals surface area contributed by atoms with Crippen LogP contribution < -0.4 is 11.1 Å². The molecule has 30 heavy (non-hydrogen) atoms. The van der Waals surface area contributed by atoms with Gasteiger partial charge < -0.3 is 25.6 Å². The van der Waals surface area contributed by atoms with Crippen LogP contribution in [0.3, 0.4) is 0 Å². The van der Waals surface area contributed by atoms with E-state index in [0.29, 0.717) is 43.2 Å². The highest BCUT2D eigenvalue weighted by molar-refractivity contribution is 5.96. The van der Waals surface area contributed by atoms with E-state index in [9.17, 15) is 14.7 Å². The molecule has 158 valence electrons. The van der Waals surface area contributed by atoms with Crippen molar-refractivity contribution in [1.29, 1.82) is 0 Å². The van der Waals surface area contributed by atoms with Crippen molar-refractivity contribution in [3.63, 3.8) is 0 Å². The summed E-state index contributed by atoms with van der Waals surface area (Å²) >= 11 is 0. The number of benzene rings is 1. The standard InChI is InChI=1S/C20H25N7O3/c1-3-27-17(8-12(2)24-27)23-19-22-15-9-14(18(21)28)4-5-16(15)26(19)11-13-6-7-25(10-13)20(29)30/h4-5,8-9,13H,3,6-7,10-11H2,1-2H3,(H2,21,28)(H,22,23)(H,29,30)/t13-/m0/s1. The van der Waals surface area contributed by atoms with Crippen LogP contribution in [0, 0.1) is 12.8 Å². The summed E-state index contributed by atoms with van der Waals surface area (Å²) in [5.74, 6) is 1.11. The minimum atomic E-state index is -0.889. The van der Waals surface area contributed by atoms with Crippen molar-refractivity contribution in [2.45, 2.75) is 33.4 Å². The van der Waals surface area contributed by atoms with Crippen LogP contribution in [0.1, 0.15) is 29.4 Å². The van der Waals surface area contributed by atoms with Gasteiger partial charge in [-0.1, -0.05) is 0 Å². The molecule has 1 atom stereocenters. The molecule has 3 heterocycles. The van der Waals surface area contributed by atoms with Gasteiger partial charge in [0.15, 0.2) is 0 Å². The number of anilines is 2. The van der Waals surface area contributed by atoms with Crippen LogP contribution in [0.2, 0.25) is 0 Å². The Hall–Kier alpha value is -3.56. The first-order valence-electron chi connectivity index (χ1n) is 9.95. The monoisotopic (exact) mass is 411 g/mol. The van der Waals surface area contributed by atoms with Gasteiger partial charge in [0.1, 0.15) is 5.82 Å². The molecule has 1 aliphatic rings. The average molecular weight is 411 g/mol. The Bertz CT molecular complexity index is 1120. The number of imidazole rings is 1. The van der Waals surface area contributed by atoms with Crippen molar-refractivity contribution in [3.05, 3.63) is 35.5 Å². The lowest BCUT2D eigenvalue weighted by Gasteiger charge is -2.16. The van der Waals surface area contributed by atoms with Gasteiger partial charge in [0, 0.05) is 37.8 Å². The van der Waals surface area contributed by atoms with Crippen LogP contribution >= 0.6 is 0 Å². The van der Waals surface area contributed by atoms with Gasteiger partial charge in [0.25, 0.3) is 0 Å². The first-order chi connectivity index (χ1) is 14.4. The number of carbonyl (C=O) groups excluding carboxylic acids is 1. The largest absolute Gasteiger partial charge is 0.465 e. The first-order valence-corrected chi connectivity index (χ1v) is 9.95. The number of nitrogens with zero attached hydrogens (tertiary/aromatic N) is 5. The van der Waals surface area contributed by atoms with Gasteiger partial charge in [-0.2, -0.15) is 5.10 Å². The van der Waals surface area contributed by atoms with Gasteiger partial charge >= 0.3 is 6.09 Å². The van der Waals surface area contributed by atoms with Crippen LogP contribution in [0.5, 0.6) is 0 Å². The van der Waals surface area contributed by atoms with Gasteiger partial charge in [-0.15, -0.1) is 0 Å². The van der Waals surface area contributed by atoms with Crippen molar-refractivity contribution in [3.8, 4) is 0 Å². The number of hydrogen-bond donors (Lipinski definition) is 3. The number of primary amides is 1. The van der Waals surface area contributed by atoms with Gasteiger partial charge in [-0.3, -0.25) is 4.79 Å². The Morgan fingerprint density at radius 1 is 1.33 bits per heavy atom. The Kier molecular flexibility index (Phi) is 5.06. The van der Waals surface area contributed by atoms with Crippen LogP contribution in [0.15, 0.2) is 24.3 Å². The minimum absolute atomic E-state index is 0.174. The molecule has 0 radical (unpaired) electrons. The van der Waals surface area contributed by atoms with E-state index >= 15 is 0 Å². The summed E-state index contributed by atoms with van der Waals surface area (Å²) in [4.78, 5) is 29.0. The summed E-state index contributed by atoms with van der Waals surface area (Å²) in [5.41, 5.74) is 8.23. The molecule has 0 saturated carbocycles. The highest BCUT2D eigenvalue weighted by atomic mass is 16.4. The molecule has 4 rings (SSSR count). The maximum atomic E-state index is 11.6. The highest BCUT2D eigenvalue weighted by Crippen LogP contribution is 2.28. The molecule has 0 bridgehead atoms. The number of hydrogen-bond acceptors (Lipinski definition) is 5. The average Bonchev–Trinajstić information content (AvgIpc) is 3.40. The predicted octanol–water partition coefficient (Wildman–Crippen LogP) is 2.40. The topological polar surface area (TPSA) is 131 Å². The van der Waals surface area contributed by atoms with Crippen LogP contribution in [-0.2, 0) is 13.1 Å². The van der Waals surface area contributed by atoms with Crippen molar-refractivity contribution < 1.29 is 14.7 Å². The maximum Gasteiger partial charge on any atom is 0.407 e. The number of nitrogens with two attached hydrogens (primary N) is 1. The predicted molar refractivity (Wildman–Crippen MR) is 112 cm³/mol. The van der Waals surface area contributed by atoms with E-state index in [1.54, 1.807) is 12.1 Å². The van der Waals surface area contributed by atoms with Crippen LogP contribution in [0.25, 0.3) is 11.0 Å². The molecule has 0 aliphatic carbocycles. The van der Waals surface area contributed by atoms with E-state index in [1.165, 1.54) is 4.90 Å². The fraction of sp³-hybridized carbons (Fsp3) is 0.400. The fourth-order valence-corrected chi connectivity index (χ4v) is 3.98. The Balaban J connectivity index is 1.72. The van der Waals surface area contributed by atoms with Crippen molar-refractivity contribution in [1.82, 2.24) is 24.2 Å². The highest BCUT2D eigenvalue weighted by Gasteiger charge is 2.27.